The van der Waals surface area contributed by atoms with Gasteiger partial charge in [-0.1, -0.05) is 12.1 Å². The molecular formula is C9H6F3O2S-. The average molecular weight is 235 g/mol. The SMILES string of the molecule is O=C([O-])Cc1ccc(SC(F)(F)F)cc1. The van der Waals surface area contributed by atoms with Crippen LogP contribution < -0.4 is 5.11 Å². The molecule has 2 nitrogen and oxygen atoms in total. The minimum Gasteiger partial charge on any atom is -0.550 e. The summed E-state index contributed by atoms with van der Waals surface area (Å²) in [5.74, 6) is -1.26. The summed E-state index contributed by atoms with van der Waals surface area (Å²) in [5.41, 5.74) is -3.91. The molecule has 0 radical (unpaired) electrons. The lowest BCUT2D eigenvalue weighted by molar-refractivity contribution is -0.304. The number of hydrogen-bond donors (Lipinski definition) is 0. The second-order valence-corrected chi connectivity index (χ2v) is 3.88. The van der Waals surface area contributed by atoms with Gasteiger partial charge in [0.2, 0.25) is 0 Å². The molecule has 1 aromatic rings. The van der Waals surface area contributed by atoms with E-state index in [4.69, 9.17) is 0 Å². The van der Waals surface area contributed by atoms with E-state index in [-0.39, 0.29) is 23.1 Å². The topological polar surface area (TPSA) is 40.1 Å². The van der Waals surface area contributed by atoms with Crippen molar-refractivity contribution >= 4 is 17.7 Å². The summed E-state index contributed by atoms with van der Waals surface area (Å²) in [6.45, 7) is 0. The van der Waals surface area contributed by atoms with E-state index in [2.05, 4.69) is 0 Å². The summed E-state index contributed by atoms with van der Waals surface area (Å²) in [4.78, 5) is 10.2. The van der Waals surface area contributed by atoms with Crippen molar-refractivity contribution in [3.63, 3.8) is 0 Å². The van der Waals surface area contributed by atoms with Crippen LogP contribution in [0.1, 0.15) is 5.56 Å². The number of carbonyl (C=O) groups is 1. The minimum atomic E-state index is -4.32. The van der Waals surface area contributed by atoms with E-state index >= 15 is 0 Å². The van der Waals surface area contributed by atoms with Crippen LogP contribution in [-0.2, 0) is 11.2 Å². The molecule has 0 saturated heterocycles. The van der Waals surface area contributed by atoms with Crippen LogP contribution in [0.3, 0.4) is 0 Å². The fraction of sp³-hybridized carbons (Fsp3) is 0.222. The number of aliphatic carboxylic acids is 1. The summed E-state index contributed by atoms with van der Waals surface area (Å²) < 4.78 is 35.7. The Balaban J connectivity index is 2.68. The molecule has 0 aromatic heterocycles. The lowest BCUT2D eigenvalue weighted by atomic mass is 10.2. The molecule has 0 aliphatic rings. The standard InChI is InChI=1S/C9H7F3O2S/c10-9(11,12)15-7-3-1-6(2-4-7)5-8(13)14/h1-4H,5H2,(H,13,14)/p-1. The summed E-state index contributed by atoms with van der Waals surface area (Å²) in [6.07, 6.45) is -0.295. The molecule has 0 unspecified atom stereocenters. The van der Waals surface area contributed by atoms with Gasteiger partial charge in [-0.05, 0) is 29.5 Å². The van der Waals surface area contributed by atoms with Crippen molar-refractivity contribution in [3.05, 3.63) is 29.8 Å². The molecule has 0 bridgehead atoms. The average Bonchev–Trinajstić information content (AvgIpc) is 2.05. The Labute approximate surface area is 88.1 Å². The Morgan fingerprint density at radius 2 is 1.80 bits per heavy atom. The number of carboxylic acid groups (broad SMARTS) is 1. The van der Waals surface area contributed by atoms with E-state index in [0.717, 1.165) is 0 Å². The molecule has 0 aliphatic carbocycles. The molecule has 0 N–H and O–H groups in total. The highest BCUT2D eigenvalue weighted by atomic mass is 32.2. The molecule has 0 saturated carbocycles. The Kier molecular flexibility index (Phi) is 3.62. The molecule has 15 heavy (non-hydrogen) atoms. The van der Waals surface area contributed by atoms with Crippen LogP contribution in [0.15, 0.2) is 29.2 Å². The third-order valence-electron chi connectivity index (χ3n) is 1.51. The minimum absolute atomic E-state index is 0.0320. The van der Waals surface area contributed by atoms with Gasteiger partial charge in [0.25, 0.3) is 0 Å². The van der Waals surface area contributed by atoms with Crippen LogP contribution in [0.5, 0.6) is 0 Å². The summed E-state index contributed by atoms with van der Waals surface area (Å²) in [7, 11) is 0. The maximum absolute atomic E-state index is 11.9. The van der Waals surface area contributed by atoms with Gasteiger partial charge in [-0.2, -0.15) is 13.2 Å². The lowest BCUT2D eigenvalue weighted by Crippen LogP contribution is -2.24. The number of alkyl halides is 3. The van der Waals surface area contributed by atoms with Crippen LogP contribution in [-0.4, -0.2) is 11.5 Å². The van der Waals surface area contributed by atoms with Crippen LogP contribution >= 0.6 is 11.8 Å². The van der Waals surface area contributed by atoms with Crippen molar-refractivity contribution in [2.75, 3.05) is 0 Å². The lowest BCUT2D eigenvalue weighted by Gasteiger charge is -2.06. The fourth-order valence-electron chi connectivity index (χ4n) is 0.976. The first-order chi connectivity index (χ1) is 6.87. The third kappa shape index (κ3) is 4.73. The molecule has 0 heterocycles. The van der Waals surface area contributed by atoms with Crippen LogP contribution in [0.25, 0.3) is 0 Å². The van der Waals surface area contributed by atoms with E-state index in [0.29, 0.717) is 5.56 Å². The van der Waals surface area contributed by atoms with Gasteiger partial charge in [0.05, 0.1) is 0 Å². The molecule has 6 heteroatoms. The van der Waals surface area contributed by atoms with E-state index in [1.165, 1.54) is 24.3 Å². The summed E-state index contributed by atoms with van der Waals surface area (Å²) >= 11 is -0.235. The number of halogens is 3. The van der Waals surface area contributed by atoms with Gasteiger partial charge >= 0.3 is 5.51 Å². The summed E-state index contributed by atoms with van der Waals surface area (Å²) in [6, 6.07) is 5.14. The number of rotatable bonds is 3. The number of hydrogen-bond acceptors (Lipinski definition) is 3. The molecular weight excluding hydrogens is 229 g/mol. The van der Waals surface area contributed by atoms with Crippen LogP contribution in [0.2, 0.25) is 0 Å². The van der Waals surface area contributed by atoms with Gasteiger partial charge in [-0.15, -0.1) is 0 Å². The maximum atomic E-state index is 11.9. The number of carboxylic acids is 1. The molecule has 1 aromatic carbocycles. The zero-order valence-electron chi connectivity index (χ0n) is 7.38. The van der Waals surface area contributed by atoms with Crippen molar-refractivity contribution < 1.29 is 23.1 Å². The van der Waals surface area contributed by atoms with E-state index in [1.54, 1.807) is 0 Å². The van der Waals surface area contributed by atoms with Gasteiger partial charge in [-0.25, -0.2) is 0 Å². The van der Waals surface area contributed by atoms with Gasteiger partial charge in [0.1, 0.15) is 0 Å². The molecule has 0 fully saturated rings. The molecule has 1 rings (SSSR count). The maximum Gasteiger partial charge on any atom is 0.446 e. The van der Waals surface area contributed by atoms with Gasteiger partial charge in [0, 0.05) is 17.3 Å². The molecule has 0 amide bonds. The number of benzene rings is 1. The largest absolute Gasteiger partial charge is 0.550 e. The van der Waals surface area contributed by atoms with Gasteiger partial charge in [-0.3, -0.25) is 0 Å². The molecule has 0 aliphatic heterocycles. The molecule has 0 atom stereocenters. The monoisotopic (exact) mass is 235 g/mol. The van der Waals surface area contributed by atoms with E-state index in [1.807, 2.05) is 0 Å². The Morgan fingerprint density at radius 1 is 1.27 bits per heavy atom. The van der Waals surface area contributed by atoms with Gasteiger partial charge in [0.15, 0.2) is 0 Å². The zero-order chi connectivity index (χ0) is 11.5. The second kappa shape index (κ2) is 4.57. The van der Waals surface area contributed by atoms with Crippen molar-refractivity contribution in [1.29, 1.82) is 0 Å². The first-order valence-electron chi connectivity index (χ1n) is 3.91. The highest BCUT2D eigenvalue weighted by molar-refractivity contribution is 8.00. The normalized spacial score (nSPS) is 11.4. The Morgan fingerprint density at radius 3 is 2.20 bits per heavy atom. The molecule has 82 valence electrons. The highest BCUT2D eigenvalue weighted by Gasteiger charge is 2.28. The first-order valence-corrected chi connectivity index (χ1v) is 4.73. The first kappa shape index (κ1) is 11.9. The number of carbonyl (C=O) groups excluding carboxylic acids is 1. The van der Waals surface area contributed by atoms with Crippen molar-refractivity contribution in [3.8, 4) is 0 Å². The van der Waals surface area contributed by atoms with Crippen molar-refractivity contribution in [1.82, 2.24) is 0 Å². The van der Waals surface area contributed by atoms with Gasteiger partial charge < -0.3 is 9.90 Å². The number of thioether (sulfide) groups is 1. The second-order valence-electron chi connectivity index (χ2n) is 2.74. The van der Waals surface area contributed by atoms with E-state index < -0.39 is 11.5 Å². The third-order valence-corrected chi connectivity index (χ3v) is 2.24. The quantitative estimate of drug-likeness (QED) is 0.747. The Hall–Kier alpha value is -1.17. The predicted octanol–water partition coefficient (Wildman–Crippen LogP) is 1.59. The molecule has 0 spiro atoms. The van der Waals surface area contributed by atoms with Crippen LogP contribution in [0, 0.1) is 0 Å². The summed E-state index contributed by atoms with van der Waals surface area (Å²) in [5, 5.41) is 10.2. The fourth-order valence-corrected chi connectivity index (χ4v) is 1.52. The smallest absolute Gasteiger partial charge is 0.446 e. The predicted molar refractivity (Wildman–Crippen MR) is 47.1 cm³/mol. The van der Waals surface area contributed by atoms with Crippen molar-refractivity contribution in [2.45, 2.75) is 16.8 Å². The van der Waals surface area contributed by atoms with E-state index in [9.17, 15) is 23.1 Å². The Bertz CT molecular complexity index is 345. The highest BCUT2D eigenvalue weighted by Crippen LogP contribution is 2.36. The van der Waals surface area contributed by atoms with Crippen LogP contribution in [0.4, 0.5) is 13.2 Å². The van der Waals surface area contributed by atoms with Crippen molar-refractivity contribution in [2.24, 2.45) is 0 Å². The zero-order valence-corrected chi connectivity index (χ0v) is 8.19.